The second-order valence-corrected chi connectivity index (χ2v) is 4.70. The molecule has 7 heteroatoms. The van der Waals surface area contributed by atoms with Crippen molar-refractivity contribution in [1.82, 2.24) is 4.90 Å². The summed E-state index contributed by atoms with van der Waals surface area (Å²) < 4.78 is 13.6. The van der Waals surface area contributed by atoms with E-state index in [1.54, 1.807) is 0 Å². The molecule has 1 aromatic carbocycles. The van der Waals surface area contributed by atoms with Crippen LogP contribution < -0.4 is 0 Å². The summed E-state index contributed by atoms with van der Waals surface area (Å²) in [5, 5.41) is 18.4. The largest absolute Gasteiger partial charge is 0.480 e. The first-order valence-corrected chi connectivity index (χ1v) is 5.95. The fourth-order valence-electron chi connectivity index (χ4n) is 2.12. The Morgan fingerprint density at radius 2 is 2.11 bits per heavy atom. The fraction of sp³-hybridized carbons (Fsp3) is 0.333. The van der Waals surface area contributed by atoms with Crippen LogP contribution in [0.1, 0.15) is 16.8 Å². The van der Waals surface area contributed by atoms with Gasteiger partial charge in [-0.2, -0.15) is 0 Å². The molecule has 19 heavy (non-hydrogen) atoms. The average Bonchev–Trinajstić information content (AvgIpc) is 2.71. The quantitative estimate of drug-likeness (QED) is 0.855. The number of halogens is 2. The number of nitrogens with zero attached hydrogens (tertiary/aromatic N) is 1. The Hall–Kier alpha value is -1.66. The molecule has 0 radical (unpaired) electrons. The molecule has 2 N–H and O–H groups in total. The third kappa shape index (κ3) is 2.54. The van der Waals surface area contributed by atoms with E-state index in [1.165, 1.54) is 12.1 Å². The Balaban J connectivity index is 2.36. The van der Waals surface area contributed by atoms with E-state index in [0.717, 1.165) is 11.0 Å². The molecule has 102 valence electrons. The third-order valence-corrected chi connectivity index (χ3v) is 3.32. The minimum Gasteiger partial charge on any atom is -0.480 e. The molecule has 2 atom stereocenters. The molecule has 0 bridgehead atoms. The lowest BCUT2D eigenvalue weighted by molar-refractivity contribution is -0.141. The average molecular weight is 288 g/mol. The van der Waals surface area contributed by atoms with E-state index in [1.807, 2.05) is 0 Å². The molecule has 1 aliphatic rings. The molecule has 1 fully saturated rings. The molecule has 0 aromatic heterocycles. The number of carbonyl (C=O) groups excluding carboxylic acids is 1. The highest BCUT2D eigenvalue weighted by molar-refractivity contribution is 6.33. The second-order valence-electron chi connectivity index (χ2n) is 4.30. The van der Waals surface area contributed by atoms with Gasteiger partial charge in [-0.05, 0) is 12.1 Å². The smallest absolute Gasteiger partial charge is 0.326 e. The van der Waals surface area contributed by atoms with Gasteiger partial charge in [0, 0.05) is 13.0 Å². The zero-order chi connectivity index (χ0) is 14.2. The normalized spacial score (nSPS) is 22.6. The van der Waals surface area contributed by atoms with Crippen molar-refractivity contribution in [3.8, 4) is 0 Å². The summed E-state index contributed by atoms with van der Waals surface area (Å²) >= 11 is 5.77. The maximum atomic E-state index is 13.6. The summed E-state index contributed by atoms with van der Waals surface area (Å²) in [6.45, 7) is -0.152. The number of aliphatic carboxylic acids is 1. The summed E-state index contributed by atoms with van der Waals surface area (Å²) in [5.41, 5.74) is -0.371. The lowest BCUT2D eigenvalue weighted by atomic mass is 10.1. The topological polar surface area (TPSA) is 77.8 Å². The van der Waals surface area contributed by atoms with E-state index in [4.69, 9.17) is 16.7 Å². The van der Waals surface area contributed by atoms with Crippen LogP contribution in [0.2, 0.25) is 5.02 Å². The predicted molar refractivity (Wildman–Crippen MR) is 64.5 cm³/mol. The number of carboxylic acids is 1. The summed E-state index contributed by atoms with van der Waals surface area (Å²) in [5.74, 6) is -2.88. The van der Waals surface area contributed by atoms with Gasteiger partial charge in [0.1, 0.15) is 11.9 Å². The number of likely N-dealkylation sites (tertiary alicyclic amines) is 1. The maximum Gasteiger partial charge on any atom is 0.326 e. The predicted octanol–water partition coefficient (Wildman–Crippen LogP) is 1.14. The van der Waals surface area contributed by atoms with Crippen LogP contribution in [0, 0.1) is 5.82 Å². The van der Waals surface area contributed by atoms with Crippen molar-refractivity contribution in [3.63, 3.8) is 0 Å². The molecule has 1 aromatic rings. The van der Waals surface area contributed by atoms with Crippen LogP contribution in [0.5, 0.6) is 0 Å². The zero-order valence-corrected chi connectivity index (χ0v) is 10.5. The zero-order valence-electron chi connectivity index (χ0n) is 9.72. The van der Waals surface area contributed by atoms with E-state index in [0.29, 0.717) is 0 Å². The summed E-state index contributed by atoms with van der Waals surface area (Å²) in [6.07, 6.45) is -1.01. The molecule has 1 amide bonds. The SMILES string of the molecule is O=C(O)[C@@H]1CC(O)CN1C(=O)c1c(F)cccc1Cl. The molecule has 1 unspecified atom stereocenters. The number of hydrogen-bond donors (Lipinski definition) is 2. The Morgan fingerprint density at radius 1 is 1.42 bits per heavy atom. The van der Waals surface area contributed by atoms with Crippen LogP contribution in [0.4, 0.5) is 4.39 Å². The number of carbonyl (C=O) groups is 2. The summed E-state index contributed by atoms with van der Waals surface area (Å²) in [6, 6.07) is 2.60. The van der Waals surface area contributed by atoms with Gasteiger partial charge in [-0.1, -0.05) is 17.7 Å². The second kappa shape index (κ2) is 5.14. The molecule has 2 rings (SSSR count). The van der Waals surface area contributed by atoms with Gasteiger partial charge in [0.15, 0.2) is 0 Å². The molecule has 1 heterocycles. The van der Waals surface area contributed by atoms with Crippen molar-refractivity contribution in [2.75, 3.05) is 6.54 Å². The van der Waals surface area contributed by atoms with Gasteiger partial charge in [0.2, 0.25) is 0 Å². The van der Waals surface area contributed by atoms with Gasteiger partial charge in [0.05, 0.1) is 16.7 Å². The minimum absolute atomic E-state index is 0.0762. The van der Waals surface area contributed by atoms with Gasteiger partial charge in [-0.3, -0.25) is 4.79 Å². The molecule has 5 nitrogen and oxygen atoms in total. The van der Waals surface area contributed by atoms with Gasteiger partial charge in [-0.15, -0.1) is 0 Å². The fourth-order valence-corrected chi connectivity index (χ4v) is 2.36. The van der Waals surface area contributed by atoms with Crippen molar-refractivity contribution in [2.45, 2.75) is 18.6 Å². The van der Waals surface area contributed by atoms with Crippen LogP contribution in [0.15, 0.2) is 18.2 Å². The van der Waals surface area contributed by atoms with Crippen LogP contribution in [-0.2, 0) is 4.79 Å². The number of aliphatic hydroxyl groups is 1. The molecule has 0 saturated carbocycles. The Kier molecular flexibility index (Phi) is 3.73. The molecule has 0 spiro atoms. The lowest BCUT2D eigenvalue weighted by Crippen LogP contribution is -2.41. The standard InChI is InChI=1S/C12H11ClFNO4/c13-7-2-1-3-8(14)10(7)11(17)15-5-6(16)4-9(15)12(18)19/h1-3,6,9,16H,4-5H2,(H,18,19)/t6?,9-/m0/s1. The van der Waals surface area contributed by atoms with E-state index in [-0.39, 0.29) is 23.6 Å². The highest BCUT2D eigenvalue weighted by atomic mass is 35.5. The van der Waals surface area contributed by atoms with E-state index in [9.17, 15) is 19.1 Å². The van der Waals surface area contributed by atoms with Crippen molar-refractivity contribution < 1.29 is 24.2 Å². The van der Waals surface area contributed by atoms with Crippen molar-refractivity contribution in [2.24, 2.45) is 0 Å². The lowest BCUT2D eigenvalue weighted by Gasteiger charge is -2.21. The number of aliphatic hydroxyl groups excluding tert-OH is 1. The Labute approximate surface area is 113 Å². The maximum absolute atomic E-state index is 13.6. The third-order valence-electron chi connectivity index (χ3n) is 3.00. The molecule has 1 saturated heterocycles. The first-order valence-electron chi connectivity index (χ1n) is 5.57. The van der Waals surface area contributed by atoms with E-state index < -0.39 is 29.8 Å². The summed E-state index contributed by atoms with van der Waals surface area (Å²) in [4.78, 5) is 24.1. The molecule has 0 aliphatic carbocycles. The van der Waals surface area contributed by atoms with Gasteiger partial charge < -0.3 is 15.1 Å². The number of hydrogen-bond acceptors (Lipinski definition) is 3. The van der Waals surface area contributed by atoms with Gasteiger partial charge >= 0.3 is 5.97 Å². The Morgan fingerprint density at radius 3 is 2.68 bits per heavy atom. The van der Waals surface area contributed by atoms with Gasteiger partial charge in [0.25, 0.3) is 5.91 Å². The molecular weight excluding hydrogens is 277 g/mol. The highest BCUT2D eigenvalue weighted by Crippen LogP contribution is 2.26. The van der Waals surface area contributed by atoms with Crippen molar-refractivity contribution in [3.05, 3.63) is 34.6 Å². The number of amides is 1. The summed E-state index contributed by atoms with van der Waals surface area (Å²) in [7, 11) is 0. The van der Waals surface area contributed by atoms with Crippen LogP contribution in [-0.4, -0.2) is 45.7 Å². The molecule has 1 aliphatic heterocycles. The monoisotopic (exact) mass is 287 g/mol. The number of β-amino-alcohol motifs (C(OH)–C–C–N with tert-alkyl or cyclic N) is 1. The van der Waals surface area contributed by atoms with Crippen LogP contribution >= 0.6 is 11.6 Å². The first-order chi connectivity index (χ1) is 8.91. The van der Waals surface area contributed by atoms with E-state index >= 15 is 0 Å². The van der Waals surface area contributed by atoms with Crippen LogP contribution in [0.25, 0.3) is 0 Å². The number of carboxylic acid groups (broad SMARTS) is 1. The van der Waals surface area contributed by atoms with Crippen molar-refractivity contribution in [1.29, 1.82) is 0 Å². The molecular formula is C12H11ClFNO4. The van der Waals surface area contributed by atoms with Crippen LogP contribution in [0.3, 0.4) is 0 Å². The number of benzene rings is 1. The highest BCUT2D eigenvalue weighted by Gasteiger charge is 2.40. The van der Waals surface area contributed by atoms with Gasteiger partial charge in [-0.25, -0.2) is 9.18 Å². The van der Waals surface area contributed by atoms with E-state index in [2.05, 4.69) is 0 Å². The Bertz CT molecular complexity index is 516. The number of rotatable bonds is 2. The minimum atomic E-state index is -1.24. The van der Waals surface area contributed by atoms with Crippen molar-refractivity contribution >= 4 is 23.5 Å². The first kappa shape index (κ1) is 13.8.